The van der Waals surface area contributed by atoms with E-state index >= 15 is 0 Å². The molecule has 2 unspecified atom stereocenters. The Morgan fingerprint density at radius 3 is 2.67 bits per heavy atom. The van der Waals surface area contributed by atoms with E-state index in [4.69, 9.17) is 0 Å². The molecule has 0 aliphatic rings. The lowest BCUT2D eigenvalue weighted by Gasteiger charge is -2.23. The molecule has 2 atom stereocenters. The molecule has 0 aliphatic heterocycles. The molecule has 0 amide bonds. The van der Waals surface area contributed by atoms with Crippen LogP contribution in [-0.4, -0.2) is 19.5 Å². The largest absolute Gasteiger partial charge is 0.330 e. The van der Waals surface area contributed by atoms with E-state index in [9.17, 15) is 4.79 Å². The number of aromatic amines is 1. The van der Waals surface area contributed by atoms with Crippen molar-refractivity contribution < 1.29 is 0 Å². The van der Waals surface area contributed by atoms with Crippen molar-refractivity contribution in [2.75, 3.05) is 0 Å². The van der Waals surface area contributed by atoms with Crippen LogP contribution in [0.4, 0.5) is 0 Å². The molecule has 3 aromatic rings. The summed E-state index contributed by atoms with van der Waals surface area (Å²) >= 11 is 0. The second-order valence-corrected chi connectivity index (χ2v) is 6.74. The lowest BCUT2D eigenvalue weighted by Crippen LogP contribution is -2.18. The van der Waals surface area contributed by atoms with Crippen LogP contribution in [0.1, 0.15) is 57.3 Å². The van der Waals surface area contributed by atoms with Gasteiger partial charge in [-0.1, -0.05) is 33.8 Å². The SMILES string of the molecule is CCC(C)c1nc2ccc(C(C(C)C)n3ccnc3)cc2[nH]c1=O. The number of hydrogen-bond acceptors (Lipinski definition) is 3. The Labute approximate surface area is 141 Å². The molecule has 5 nitrogen and oxygen atoms in total. The van der Waals surface area contributed by atoms with Gasteiger partial charge in [-0.3, -0.25) is 4.79 Å². The van der Waals surface area contributed by atoms with Crippen molar-refractivity contribution in [3.8, 4) is 0 Å². The second-order valence-electron chi connectivity index (χ2n) is 6.74. The Morgan fingerprint density at radius 2 is 2.04 bits per heavy atom. The van der Waals surface area contributed by atoms with Gasteiger partial charge in [-0.2, -0.15) is 0 Å². The van der Waals surface area contributed by atoms with Gasteiger partial charge in [-0.05, 0) is 30.0 Å². The van der Waals surface area contributed by atoms with Crippen LogP contribution in [0.15, 0.2) is 41.7 Å². The summed E-state index contributed by atoms with van der Waals surface area (Å²) in [4.78, 5) is 24.1. The van der Waals surface area contributed by atoms with Crippen LogP contribution >= 0.6 is 0 Å². The third-order valence-corrected chi connectivity index (χ3v) is 4.64. The number of imidazole rings is 1. The molecule has 2 heterocycles. The highest BCUT2D eigenvalue weighted by Gasteiger charge is 2.19. The smallest absolute Gasteiger partial charge is 0.270 e. The molecule has 3 rings (SSSR count). The van der Waals surface area contributed by atoms with Crippen LogP contribution in [0, 0.1) is 5.92 Å². The first kappa shape index (κ1) is 16.4. The van der Waals surface area contributed by atoms with Crippen molar-refractivity contribution in [1.82, 2.24) is 19.5 Å². The molecule has 0 fully saturated rings. The van der Waals surface area contributed by atoms with E-state index < -0.39 is 0 Å². The standard InChI is InChI=1S/C19H24N4O/c1-5-13(4)17-19(24)22-16-10-14(6-7-15(16)21-17)18(12(2)3)23-9-8-20-11-23/h6-13,18H,5H2,1-4H3,(H,22,24). The summed E-state index contributed by atoms with van der Waals surface area (Å²) in [6, 6.07) is 6.31. The third kappa shape index (κ3) is 2.98. The normalized spacial score (nSPS) is 14.2. The van der Waals surface area contributed by atoms with E-state index in [1.165, 1.54) is 0 Å². The van der Waals surface area contributed by atoms with Crippen molar-refractivity contribution >= 4 is 11.0 Å². The number of nitrogens with zero attached hydrogens (tertiary/aromatic N) is 3. The van der Waals surface area contributed by atoms with E-state index in [0.717, 1.165) is 23.0 Å². The summed E-state index contributed by atoms with van der Waals surface area (Å²) in [5.74, 6) is 0.558. The number of rotatable bonds is 5. The number of aromatic nitrogens is 4. The number of hydrogen-bond donors (Lipinski definition) is 1. The van der Waals surface area contributed by atoms with Gasteiger partial charge in [0.25, 0.3) is 5.56 Å². The Kier molecular flexibility index (Phi) is 4.51. The van der Waals surface area contributed by atoms with Gasteiger partial charge in [0.2, 0.25) is 0 Å². The van der Waals surface area contributed by atoms with Gasteiger partial charge in [0.05, 0.1) is 23.4 Å². The van der Waals surface area contributed by atoms with E-state index in [-0.39, 0.29) is 17.5 Å². The van der Waals surface area contributed by atoms with Crippen molar-refractivity contribution in [3.63, 3.8) is 0 Å². The van der Waals surface area contributed by atoms with Gasteiger partial charge in [0.1, 0.15) is 5.69 Å². The molecule has 0 saturated heterocycles. The van der Waals surface area contributed by atoms with Gasteiger partial charge >= 0.3 is 0 Å². The molecular weight excluding hydrogens is 300 g/mol. The highest BCUT2D eigenvalue weighted by atomic mass is 16.1. The van der Waals surface area contributed by atoms with Crippen LogP contribution in [0.3, 0.4) is 0 Å². The highest BCUT2D eigenvalue weighted by Crippen LogP contribution is 2.28. The first-order valence-electron chi connectivity index (χ1n) is 8.52. The molecule has 1 N–H and O–H groups in total. The van der Waals surface area contributed by atoms with Crippen molar-refractivity contribution in [1.29, 1.82) is 0 Å². The summed E-state index contributed by atoms with van der Waals surface area (Å²) in [5, 5.41) is 0. The van der Waals surface area contributed by atoms with Crippen LogP contribution in [-0.2, 0) is 0 Å². The fraction of sp³-hybridized carbons (Fsp3) is 0.421. The predicted molar refractivity (Wildman–Crippen MR) is 96.3 cm³/mol. The highest BCUT2D eigenvalue weighted by molar-refractivity contribution is 5.75. The van der Waals surface area contributed by atoms with Gasteiger partial charge in [0, 0.05) is 18.3 Å². The summed E-state index contributed by atoms with van der Waals surface area (Å²) in [7, 11) is 0. The number of fused-ring (bicyclic) bond motifs is 1. The number of nitrogens with one attached hydrogen (secondary N) is 1. The predicted octanol–water partition coefficient (Wildman–Crippen LogP) is 3.88. The Bertz CT molecular complexity index is 880. The molecular formula is C19H24N4O. The van der Waals surface area contributed by atoms with Crippen LogP contribution in [0.2, 0.25) is 0 Å². The fourth-order valence-corrected chi connectivity index (χ4v) is 3.16. The van der Waals surface area contributed by atoms with Gasteiger partial charge in [-0.25, -0.2) is 9.97 Å². The molecule has 24 heavy (non-hydrogen) atoms. The number of H-pyrrole nitrogens is 1. The third-order valence-electron chi connectivity index (χ3n) is 4.64. The molecule has 0 spiro atoms. The molecule has 2 aromatic heterocycles. The average molecular weight is 324 g/mol. The minimum Gasteiger partial charge on any atom is -0.330 e. The fourth-order valence-electron chi connectivity index (χ4n) is 3.16. The summed E-state index contributed by atoms with van der Waals surface area (Å²) < 4.78 is 2.10. The maximum atomic E-state index is 12.3. The lowest BCUT2D eigenvalue weighted by atomic mass is 9.95. The quantitative estimate of drug-likeness (QED) is 0.774. The molecule has 0 aliphatic carbocycles. The lowest BCUT2D eigenvalue weighted by molar-refractivity contribution is 0.437. The Hall–Kier alpha value is -2.43. The van der Waals surface area contributed by atoms with Gasteiger partial charge < -0.3 is 9.55 Å². The van der Waals surface area contributed by atoms with Crippen molar-refractivity contribution in [3.05, 3.63) is 58.5 Å². The Morgan fingerprint density at radius 1 is 1.25 bits per heavy atom. The van der Waals surface area contributed by atoms with E-state index in [2.05, 4.69) is 46.4 Å². The van der Waals surface area contributed by atoms with Crippen molar-refractivity contribution in [2.45, 2.75) is 46.1 Å². The maximum absolute atomic E-state index is 12.3. The number of benzene rings is 1. The van der Waals surface area contributed by atoms with Crippen LogP contribution in [0.5, 0.6) is 0 Å². The minimum atomic E-state index is -0.0854. The molecule has 126 valence electrons. The first-order valence-corrected chi connectivity index (χ1v) is 8.52. The summed E-state index contributed by atoms with van der Waals surface area (Å²) in [5.41, 5.74) is 3.30. The topological polar surface area (TPSA) is 63.6 Å². The molecule has 0 radical (unpaired) electrons. The summed E-state index contributed by atoms with van der Waals surface area (Å²) in [6.45, 7) is 8.47. The van der Waals surface area contributed by atoms with Gasteiger partial charge in [-0.15, -0.1) is 0 Å². The second kappa shape index (κ2) is 6.59. The van der Waals surface area contributed by atoms with Crippen molar-refractivity contribution in [2.24, 2.45) is 5.92 Å². The average Bonchev–Trinajstić information content (AvgIpc) is 3.07. The zero-order valence-electron chi connectivity index (χ0n) is 14.7. The minimum absolute atomic E-state index is 0.0854. The Balaban J connectivity index is 2.10. The van der Waals surface area contributed by atoms with E-state index in [1.54, 1.807) is 6.20 Å². The maximum Gasteiger partial charge on any atom is 0.270 e. The van der Waals surface area contributed by atoms with E-state index in [0.29, 0.717) is 11.6 Å². The van der Waals surface area contributed by atoms with E-state index in [1.807, 2.05) is 31.6 Å². The molecule has 1 aromatic carbocycles. The molecule has 0 saturated carbocycles. The molecule has 0 bridgehead atoms. The first-order chi connectivity index (χ1) is 11.5. The zero-order chi connectivity index (χ0) is 17.3. The van der Waals surface area contributed by atoms with Crippen LogP contribution in [0.25, 0.3) is 11.0 Å². The summed E-state index contributed by atoms with van der Waals surface area (Å²) in [6.07, 6.45) is 6.50. The zero-order valence-corrected chi connectivity index (χ0v) is 14.7. The van der Waals surface area contributed by atoms with Gasteiger partial charge in [0.15, 0.2) is 0 Å². The monoisotopic (exact) mass is 324 g/mol. The molecule has 5 heteroatoms. The van der Waals surface area contributed by atoms with Crippen LogP contribution < -0.4 is 5.56 Å².